The Kier molecular flexibility index (Phi) is 4.98. The summed E-state index contributed by atoms with van der Waals surface area (Å²) < 4.78 is 5.76. The van der Waals surface area contributed by atoms with Gasteiger partial charge in [0.15, 0.2) is 0 Å². The van der Waals surface area contributed by atoms with E-state index in [0.717, 1.165) is 22.6 Å². The van der Waals surface area contributed by atoms with Crippen molar-refractivity contribution in [3.63, 3.8) is 0 Å². The van der Waals surface area contributed by atoms with E-state index in [1.54, 1.807) is 0 Å². The molecular formula is C21H26N2O2. The Hall–Kier alpha value is -2.49. The van der Waals surface area contributed by atoms with Gasteiger partial charge in [-0.3, -0.25) is 4.79 Å². The van der Waals surface area contributed by atoms with Crippen LogP contribution >= 0.6 is 0 Å². The second-order valence-corrected chi connectivity index (χ2v) is 7.17. The minimum absolute atomic E-state index is 0.0643. The highest BCUT2D eigenvalue weighted by molar-refractivity contribution is 6.01. The zero-order valence-electron chi connectivity index (χ0n) is 15.3. The largest absolute Gasteiger partial charge is 0.493 e. The Balaban J connectivity index is 1.88. The van der Waals surface area contributed by atoms with E-state index in [4.69, 9.17) is 4.74 Å². The molecule has 1 N–H and O–H groups in total. The van der Waals surface area contributed by atoms with Crippen LogP contribution in [0.1, 0.15) is 49.8 Å². The molecule has 132 valence electrons. The lowest BCUT2D eigenvalue weighted by atomic mass is 10.0. The monoisotopic (exact) mass is 338 g/mol. The lowest BCUT2D eigenvalue weighted by Gasteiger charge is -2.40. The number of nitrogens with one attached hydrogen (secondary N) is 1. The number of para-hydroxylation sites is 1. The number of fused-ring (bicyclic) bond motifs is 1. The minimum atomic E-state index is -0.179. The number of carbonyl (C=O) groups is 1. The van der Waals surface area contributed by atoms with E-state index in [0.29, 0.717) is 12.5 Å². The highest BCUT2D eigenvalue weighted by Crippen LogP contribution is 2.34. The van der Waals surface area contributed by atoms with Crippen molar-refractivity contribution >= 4 is 11.6 Å². The summed E-state index contributed by atoms with van der Waals surface area (Å²) in [5.41, 5.74) is 2.66. The number of hydrogen-bond donors (Lipinski definition) is 1. The predicted molar refractivity (Wildman–Crippen MR) is 101 cm³/mol. The molecule has 2 aromatic rings. The molecule has 4 heteroatoms. The van der Waals surface area contributed by atoms with E-state index in [2.05, 4.69) is 19.2 Å². The maximum absolute atomic E-state index is 12.9. The molecule has 0 fully saturated rings. The Bertz CT molecular complexity index is 738. The fraction of sp³-hybridized carbons (Fsp3) is 0.381. The van der Waals surface area contributed by atoms with E-state index in [9.17, 15) is 4.79 Å². The molecule has 1 unspecified atom stereocenters. The summed E-state index contributed by atoms with van der Waals surface area (Å²) in [6.45, 7) is 9.04. The number of benzene rings is 2. The van der Waals surface area contributed by atoms with Gasteiger partial charge >= 0.3 is 0 Å². The third-order valence-electron chi connectivity index (χ3n) is 4.30. The van der Waals surface area contributed by atoms with Gasteiger partial charge in [-0.1, -0.05) is 38.1 Å². The molecule has 0 spiro atoms. The SMILES string of the molecule is CC(C)COc1ccc(C2Nc3ccccc3C(=O)N2C(C)C)cc1. The molecule has 2 aromatic carbocycles. The van der Waals surface area contributed by atoms with E-state index >= 15 is 0 Å². The Morgan fingerprint density at radius 1 is 1.04 bits per heavy atom. The van der Waals surface area contributed by atoms with Crippen molar-refractivity contribution < 1.29 is 9.53 Å². The van der Waals surface area contributed by atoms with E-state index in [-0.39, 0.29) is 18.1 Å². The van der Waals surface area contributed by atoms with Crippen LogP contribution < -0.4 is 10.1 Å². The number of anilines is 1. The molecule has 0 radical (unpaired) electrons. The molecule has 3 rings (SSSR count). The number of carbonyl (C=O) groups excluding carboxylic acids is 1. The van der Waals surface area contributed by atoms with Crippen LogP contribution in [0.25, 0.3) is 0 Å². The van der Waals surface area contributed by atoms with Gasteiger partial charge in [0.25, 0.3) is 5.91 Å². The Morgan fingerprint density at radius 3 is 2.36 bits per heavy atom. The number of nitrogens with zero attached hydrogens (tertiary/aromatic N) is 1. The summed E-state index contributed by atoms with van der Waals surface area (Å²) >= 11 is 0. The second-order valence-electron chi connectivity index (χ2n) is 7.17. The van der Waals surface area contributed by atoms with Crippen molar-refractivity contribution in [2.45, 2.75) is 39.9 Å². The molecule has 0 aromatic heterocycles. The van der Waals surface area contributed by atoms with Gasteiger partial charge in [0.05, 0.1) is 12.2 Å². The average Bonchev–Trinajstić information content (AvgIpc) is 2.60. The second kappa shape index (κ2) is 7.18. The van der Waals surface area contributed by atoms with Gasteiger partial charge in [-0.2, -0.15) is 0 Å². The average molecular weight is 338 g/mol. The van der Waals surface area contributed by atoms with E-state index < -0.39 is 0 Å². The summed E-state index contributed by atoms with van der Waals surface area (Å²) in [5, 5.41) is 3.51. The molecule has 0 aliphatic carbocycles. The fourth-order valence-corrected chi connectivity index (χ4v) is 3.05. The van der Waals surface area contributed by atoms with Crippen LogP contribution in [0.15, 0.2) is 48.5 Å². The van der Waals surface area contributed by atoms with Crippen molar-refractivity contribution in [3.8, 4) is 5.75 Å². The first-order chi connectivity index (χ1) is 12.0. The van der Waals surface area contributed by atoms with Crippen LogP contribution in [0.2, 0.25) is 0 Å². The smallest absolute Gasteiger partial charge is 0.258 e. The molecule has 0 saturated heterocycles. The minimum Gasteiger partial charge on any atom is -0.493 e. The quantitative estimate of drug-likeness (QED) is 0.859. The molecule has 1 amide bonds. The zero-order valence-corrected chi connectivity index (χ0v) is 15.3. The Morgan fingerprint density at radius 2 is 1.72 bits per heavy atom. The maximum atomic E-state index is 12.9. The highest BCUT2D eigenvalue weighted by atomic mass is 16.5. The van der Waals surface area contributed by atoms with Gasteiger partial charge in [0, 0.05) is 11.7 Å². The molecule has 4 nitrogen and oxygen atoms in total. The van der Waals surface area contributed by atoms with Gasteiger partial charge in [0.1, 0.15) is 11.9 Å². The number of amides is 1. The molecule has 0 saturated carbocycles. The number of rotatable bonds is 5. The fourth-order valence-electron chi connectivity index (χ4n) is 3.05. The first-order valence-electron chi connectivity index (χ1n) is 8.88. The van der Waals surface area contributed by atoms with Crippen molar-refractivity contribution in [1.82, 2.24) is 4.90 Å². The van der Waals surface area contributed by atoms with Crippen LogP contribution in [0.5, 0.6) is 5.75 Å². The molecular weight excluding hydrogens is 312 g/mol. The summed E-state index contributed by atoms with van der Waals surface area (Å²) in [5.74, 6) is 1.41. The van der Waals surface area contributed by atoms with Gasteiger partial charge in [-0.25, -0.2) is 0 Å². The topological polar surface area (TPSA) is 41.6 Å². The van der Waals surface area contributed by atoms with Crippen molar-refractivity contribution in [2.75, 3.05) is 11.9 Å². The van der Waals surface area contributed by atoms with E-state index in [1.165, 1.54) is 0 Å². The van der Waals surface area contributed by atoms with Gasteiger partial charge < -0.3 is 15.0 Å². The molecule has 1 heterocycles. The third-order valence-corrected chi connectivity index (χ3v) is 4.30. The number of ether oxygens (including phenoxy) is 1. The van der Waals surface area contributed by atoms with Crippen molar-refractivity contribution in [2.24, 2.45) is 5.92 Å². The predicted octanol–water partition coefficient (Wildman–Crippen LogP) is 4.70. The molecule has 25 heavy (non-hydrogen) atoms. The summed E-state index contributed by atoms with van der Waals surface area (Å²) in [6.07, 6.45) is -0.179. The third kappa shape index (κ3) is 3.63. The Labute approximate surface area is 149 Å². The molecule has 1 atom stereocenters. The van der Waals surface area contributed by atoms with Crippen LogP contribution in [-0.2, 0) is 0 Å². The van der Waals surface area contributed by atoms with Crippen molar-refractivity contribution in [3.05, 3.63) is 59.7 Å². The molecule has 1 aliphatic rings. The van der Waals surface area contributed by atoms with Crippen LogP contribution in [0.3, 0.4) is 0 Å². The lowest BCUT2D eigenvalue weighted by Crippen LogP contribution is -2.46. The van der Waals surface area contributed by atoms with Gasteiger partial charge in [0.2, 0.25) is 0 Å². The highest BCUT2D eigenvalue weighted by Gasteiger charge is 2.34. The summed E-state index contributed by atoms with van der Waals surface area (Å²) in [7, 11) is 0. The summed E-state index contributed by atoms with van der Waals surface area (Å²) in [4.78, 5) is 14.8. The van der Waals surface area contributed by atoms with Crippen LogP contribution in [-0.4, -0.2) is 23.5 Å². The zero-order chi connectivity index (χ0) is 18.0. The normalized spacial score (nSPS) is 16.8. The maximum Gasteiger partial charge on any atom is 0.258 e. The lowest BCUT2D eigenvalue weighted by molar-refractivity contribution is 0.0617. The first kappa shape index (κ1) is 17.3. The molecule has 0 bridgehead atoms. The van der Waals surface area contributed by atoms with Crippen LogP contribution in [0, 0.1) is 5.92 Å². The van der Waals surface area contributed by atoms with E-state index in [1.807, 2.05) is 67.3 Å². The van der Waals surface area contributed by atoms with Gasteiger partial charge in [-0.15, -0.1) is 0 Å². The number of hydrogen-bond acceptors (Lipinski definition) is 3. The molecule has 1 aliphatic heterocycles. The van der Waals surface area contributed by atoms with Crippen LogP contribution in [0.4, 0.5) is 5.69 Å². The van der Waals surface area contributed by atoms with Crippen molar-refractivity contribution in [1.29, 1.82) is 0 Å². The van der Waals surface area contributed by atoms with Gasteiger partial charge in [-0.05, 0) is 49.6 Å². The first-order valence-corrected chi connectivity index (χ1v) is 8.88. The standard InChI is InChI=1S/C21H26N2O2/c1-14(2)13-25-17-11-9-16(10-12-17)20-22-19-8-6-5-7-18(19)21(24)23(20)15(3)4/h5-12,14-15,20,22H,13H2,1-4H3. The summed E-state index contributed by atoms with van der Waals surface area (Å²) in [6, 6.07) is 15.8.